The van der Waals surface area contributed by atoms with Crippen molar-refractivity contribution in [1.82, 2.24) is 4.57 Å². The second-order valence-corrected chi connectivity index (χ2v) is 12.9. The highest BCUT2D eigenvalue weighted by molar-refractivity contribution is 6.14. The zero-order valence-electron chi connectivity index (χ0n) is 25.1. The van der Waals surface area contributed by atoms with Crippen LogP contribution in [0.15, 0.2) is 144 Å². The van der Waals surface area contributed by atoms with Gasteiger partial charge in [0.05, 0.1) is 11.0 Å². The van der Waals surface area contributed by atoms with Crippen LogP contribution in [0.25, 0.3) is 82.5 Å². The Morgan fingerprint density at radius 1 is 0.511 bits per heavy atom. The van der Waals surface area contributed by atoms with E-state index in [1.54, 1.807) is 0 Å². The Labute approximate surface area is 260 Å². The minimum Gasteiger partial charge on any atom is -0.455 e. The van der Waals surface area contributed by atoms with Crippen molar-refractivity contribution >= 4 is 54.5 Å². The van der Waals surface area contributed by atoms with Gasteiger partial charge in [-0.05, 0) is 75.0 Å². The van der Waals surface area contributed by atoms with Crippen LogP contribution in [0.5, 0.6) is 0 Å². The first-order chi connectivity index (χ1) is 22.1. The molecule has 0 saturated heterocycles. The summed E-state index contributed by atoms with van der Waals surface area (Å²) in [6.07, 6.45) is 0. The highest BCUT2D eigenvalue weighted by Gasteiger charge is 2.34. The summed E-state index contributed by atoms with van der Waals surface area (Å²) in [6, 6.07) is 50.9. The van der Waals surface area contributed by atoms with E-state index in [2.05, 4.69) is 146 Å². The molecule has 10 rings (SSSR count). The van der Waals surface area contributed by atoms with Crippen LogP contribution in [-0.2, 0) is 5.41 Å². The van der Waals surface area contributed by atoms with Crippen molar-refractivity contribution in [3.8, 4) is 27.9 Å². The topological polar surface area (TPSA) is 18.1 Å². The molecule has 0 saturated carbocycles. The van der Waals surface area contributed by atoms with Crippen molar-refractivity contribution in [2.45, 2.75) is 19.3 Å². The number of para-hydroxylation sites is 3. The van der Waals surface area contributed by atoms with E-state index >= 15 is 0 Å². The van der Waals surface area contributed by atoms with E-state index in [4.69, 9.17) is 4.42 Å². The fourth-order valence-corrected chi connectivity index (χ4v) is 8.03. The molecule has 212 valence electrons. The van der Waals surface area contributed by atoms with Gasteiger partial charge >= 0.3 is 0 Å². The average Bonchev–Trinajstić information content (AvgIpc) is 3.62. The van der Waals surface area contributed by atoms with Gasteiger partial charge < -0.3 is 8.98 Å². The van der Waals surface area contributed by atoms with E-state index in [0.717, 1.165) is 38.8 Å². The molecule has 9 aromatic rings. The molecular formula is C43H29NO. The number of nitrogens with zero attached hydrogens (tertiary/aromatic N) is 1. The van der Waals surface area contributed by atoms with Crippen LogP contribution in [-0.4, -0.2) is 4.57 Å². The first-order valence-electron chi connectivity index (χ1n) is 15.7. The van der Waals surface area contributed by atoms with Crippen molar-refractivity contribution in [1.29, 1.82) is 0 Å². The van der Waals surface area contributed by atoms with Crippen molar-refractivity contribution in [3.63, 3.8) is 0 Å². The number of rotatable bonds is 2. The van der Waals surface area contributed by atoms with Crippen LogP contribution >= 0.6 is 0 Å². The third-order valence-electron chi connectivity index (χ3n) is 10.2. The molecule has 0 N–H and O–H groups in total. The van der Waals surface area contributed by atoms with E-state index in [1.165, 1.54) is 54.8 Å². The lowest BCUT2D eigenvalue weighted by atomic mass is 9.68. The SMILES string of the molecule is CC1(C)c2cc3c(cc2-c2cccc4cccc1c24)c1ccccc1n3-c1ccc(-c2cccc3c2oc2ccccc23)cc1. The molecule has 2 heteroatoms. The predicted molar refractivity (Wildman–Crippen MR) is 189 cm³/mol. The van der Waals surface area contributed by atoms with Gasteiger partial charge in [0.2, 0.25) is 0 Å². The van der Waals surface area contributed by atoms with Gasteiger partial charge in [0.15, 0.2) is 0 Å². The Morgan fingerprint density at radius 3 is 2.09 bits per heavy atom. The second-order valence-electron chi connectivity index (χ2n) is 12.9. The first kappa shape index (κ1) is 24.8. The number of fused-ring (bicyclic) bond motifs is 8. The van der Waals surface area contributed by atoms with Crippen LogP contribution in [0, 0.1) is 0 Å². The molecule has 0 radical (unpaired) electrons. The van der Waals surface area contributed by atoms with E-state index < -0.39 is 0 Å². The minimum atomic E-state index is -0.131. The van der Waals surface area contributed by atoms with Crippen molar-refractivity contribution in [2.75, 3.05) is 0 Å². The Hall–Kier alpha value is -5.60. The summed E-state index contributed by atoms with van der Waals surface area (Å²) in [5.74, 6) is 0. The molecule has 2 aromatic heterocycles. The maximum absolute atomic E-state index is 6.37. The van der Waals surface area contributed by atoms with E-state index in [0.29, 0.717) is 0 Å². The maximum Gasteiger partial charge on any atom is 0.143 e. The Bertz CT molecular complexity index is 2660. The molecule has 0 atom stereocenters. The lowest BCUT2D eigenvalue weighted by Crippen LogP contribution is -2.23. The van der Waals surface area contributed by atoms with Gasteiger partial charge in [-0.2, -0.15) is 0 Å². The molecule has 0 spiro atoms. The Balaban J connectivity index is 1.20. The fraction of sp³-hybridized carbons (Fsp3) is 0.0698. The largest absolute Gasteiger partial charge is 0.455 e. The minimum absolute atomic E-state index is 0.131. The van der Waals surface area contributed by atoms with Gasteiger partial charge in [0.25, 0.3) is 0 Å². The fourth-order valence-electron chi connectivity index (χ4n) is 8.03. The summed E-state index contributed by atoms with van der Waals surface area (Å²) in [5.41, 5.74) is 13.0. The van der Waals surface area contributed by atoms with Gasteiger partial charge in [-0.15, -0.1) is 0 Å². The second kappa shape index (κ2) is 8.74. The lowest BCUT2D eigenvalue weighted by Gasteiger charge is -2.35. The molecule has 0 bridgehead atoms. The third-order valence-corrected chi connectivity index (χ3v) is 10.2. The summed E-state index contributed by atoms with van der Waals surface area (Å²) in [6.45, 7) is 4.76. The zero-order valence-corrected chi connectivity index (χ0v) is 25.1. The molecule has 2 heterocycles. The van der Waals surface area contributed by atoms with Gasteiger partial charge in [0.1, 0.15) is 11.2 Å². The number of hydrogen-bond donors (Lipinski definition) is 0. The summed E-state index contributed by atoms with van der Waals surface area (Å²) in [4.78, 5) is 0. The molecule has 0 aliphatic heterocycles. The number of aromatic nitrogens is 1. The zero-order chi connectivity index (χ0) is 29.9. The summed E-state index contributed by atoms with van der Waals surface area (Å²) >= 11 is 0. The molecule has 1 aliphatic rings. The van der Waals surface area contributed by atoms with E-state index in [-0.39, 0.29) is 5.41 Å². The molecule has 1 aliphatic carbocycles. The van der Waals surface area contributed by atoms with E-state index in [1.807, 2.05) is 12.1 Å². The number of hydrogen-bond acceptors (Lipinski definition) is 1. The van der Waals surface area contributed by atoms with Gasteiger partial charge in [-0.25, -0.2) is 0 Å². The van der Waals surface area contributed by atoms with E-state index in [9.17, 15) is 0 Å². The molecule has 0 amide bonds. The van der Waals surface area contributed by atoms with Crippen molar-refractivity contribution in [3.05, 3.63) is 151 Å². The highest BCUT2D eigenvalue weighted by atomic mass is 16.3. The standard InChI is InChI=1S/C43H29NO/c1-43(2)36-17-8-11-27-10-7-15-32(41(27)36)34-24-35-30-12-3-5-18-38(30)44(39(35)25-37(34)43)28-22-20-26(21-23-28)29-14-9-16-33-31-13-4-6-19-40(31)45-42(29)33/h3-25H,1-2H3. The van der Waals surface area contributed by atoms with Crippen molar-refractivity contribution < 1.29 is 4.42 Å². The third kappa shape index (κ3) is 3.29. The Kier molecular flexibility index (Phi) is 4.82. The molecule has 0 unspecified atom stereocenters. The molecular weight excluding hydrogens is 546 g/mol. The summed E-state index contributed by atoms with van der Waals surface area (Å²) in [5, 5.41) is 7.56. The van der Waals surface area contributed by atoms with Crippen LogP contribution in [0.2, 0.25) is 0 Å². The quantitative estimate of drug-likeness (QED) is 0.200. The maximum atomic E-state index is 6.37. The first-order valence-corrected chi connectivity index (χ1v) is 15.7. The Morgan fingerprint density at radius 2 is 1.22 bits per heavy atom. The summed E-state index contributed by atoms with van der Waals surface area (Å²) < 4.78 is 8.81. The van der Waals surface area contributed by atoms with Crippen LogP contribution in [0.1, 0.15) is 25.0 Å². The van der Waals surface area contributed by atoms with Gasteiger partial charge in [-0.3, -0.25) is 0 Å². The molecule has 0 fully saturated rings. The summed E-state index contributed by atoms with van der Waals surface area (Å²) in [7, 11) is 0. The molecule has 45 heavy (non-hydrogen) atoms. The van der Waals surface area contributed by atoms with Gasteiger partial charge in [0, 0.05) is 38.2 Å². The molecule has 2 nitrogen and oxygen atoms in total. The van der Waals surface area contributed by atoms with Crippen LogP contribution in [0.3, 0.4) is 0 Å². The lowest BCUT2D eigenvalue weighted by molar-refractivity contribution is 0.646. The number of furan rings is 1. The monoisotopic (exact) mass is 575 g/mol. The smallest absolute Gasteiger partial charge is 0.143 e. The van der Waals surface area contributed by atoms with Crippen LogP contribution < -0.4 is 0 Å². The highest BCUT2D eigenvalue weighted by Crippen LogP contribution is 2.50. The van der Waals surface area contributed by atoms with Gasteiger partial charge in [-0.1, -0.05) is 117 Å². The predicted octanol–water partition coefficient (Wildman–Crippen LogP) is 11.8. The number of benzene rings is 7. The average molecular weight is 576 g/mol. The van der Waals surface area contributed by atoms with Crippen LogP contribution in [0.4, 0.5) is 0 Å². The normalized spacial score (nSPS) is 13.7. The molecule has 7 aromatic carbocycles. The van der Waals surface area contributed by atoms with Crippen molar-refractivity contribution in [2.24, 2.45) is 0 Å².